The van der Waals surface area contributed by atoms with E-state index in [4.69, 9.17) is 4.42 Å². The highest BCUT2D eigenvalue weighted by molar-refractivity contribution is 6.21. The normalized spacial score (nSPS) is 34.6. The average Bonchev–Trinajstić information content (AvgIpc) is 3.78. The van der Waals surface area contributed by atoms with Gasteiger partial charge in [-0.25, -0.2) is 0 Å². The van der Waals surface area contributed by atoms with Gasteiger partial charge in [0.15, 0.2) is 0 Å². The number of Topliss-reactive ketones (excluding diaryl/α,β-unsaturated/α-hetero) is 2. The van der Waals surface area contributed by atoms with Crippen LogP contribution < -0.4 is 0 Å². The number of rotatable bonds is 1. The molecule has 0 bridgehead atoms. The van der Waals surface area contributed by atoms with Gasteiger partial charge in [0.25, 0.3) is 0 Å². The van der Waals surface area contributed by atoms with E-state index in [-0.39, 0.29) is 29.6 Å². The van der Waals surface area contributed by atoms with Crippen molar-refractivity contribution in [2.75, 3.05) is 0 Å². The second-order valence-corrected chi connectivity index (χ2v) is 15.5. The molecule has 0 radical (unpaired) electrons. The van der Waals surface area contributed by atoms with Crippen LogP contribution in [0.25, 0.3) is 55.0 Å². The van der Waals surface area contributed by atoms with Crippen LogP contribution in [-0.4, -0.2) is 11.6 Å². The predicted molar refractivity (Wildman–Crippen MR) is 178 cm³/mol. The van der Waals surface area contributed by atoms with Crippen molar-refractivity contribution in [1.29, 1.82) is 0 Å². The number of furan rings is 1. The van der Waals surface area contributed by atoms with E-state index >= 15 is 0 Å². The van der Waals surface area contributed by atoms with Crippen LogP contribution >= 0.6 is 0 Å². The standard InChI is InChI=1S/C42H38O3/c43-41-24-11-2-1-10-22(24)29-18-33-30(19-32(29)41)37-27(15-7-16-28(37)42(33)44)40-38-26-14-6-9-21-8-5-13-23(36(21)26)31(38)20-35-39(40)25-12-3-4-17-34(25)45-35/h3-6,8-9,12-14,17,20,22,24,27-30,32-33,37H,1-2,7,10-11,15-16,18-19H2. The van der Waals surface area contributed by atoms with Gasteiger partial charge in [0, 0.05) is 34.4 Å². The maximum atomic E-state index is 14.5. The van der Waals surface area contributed by atoms with Crippen molar-refractivity contribution in [1.82, 2.24) is 0 Å². The minimum absolute atomic E-state index is 0.124. The highest BCUT2D eigenvalue weighted by atomic mass is 16.3. The molecule has 9 atom stereocenters. The Morgan fingerprint density at radius 3 is 2.20 bits per heavy atom. The van der Waals surface area contributed by atoms with Crippen molar-refractivity contribution in [2.45, 2.75) is 63.7 Å². The van der Waals surface area contributed by atoms with E-state index in [1.54, 1.807) is 0 Å². The zero-order valence-corrected chi connectivity index (χ0v) is 25.6. The largest absolute Gasteiger partial charge is 0.456 e. The smallest absolute Gasteiger partial charge is 0.139 e. The molecule has 3 nitrogen and oxygen atoms in total. The first-order valence-corrected chi connectivity index (χ1v) is 17.8. The molecule has 0 spiro atoms. The van der Waals surface area contributed by atoms with Crippen molar-refractivity contribution >= 4 is 44.3 Å². The molecule has 1 aromatic heterocycles. The number of carbonyl (C=O) groups excluding carboxylic acids is 2. The second-order valence-electron chi connectivity index (χ2n) is 15.5. The van der Waals surface area contributed by atoms with Crippen LogP contribution in [0.5, 0.6) is 0 Å². The van der Waals surface area contributed by atoms with Gasteiger partial charge in [-0.05, 0) is 119 Å². The van der Waals surface area contributed by atoms with Crippen LogP contribution in [0.4, 0.5) is 0 Å². The van der Waals surface area contributed by atoms with Gasteiger partial charge in [0.05, 0.1) is 0 Å². The van der Waals surface area contributed by atoms with Gasteiger partial charge in [-0.1, -0.05) is 73.9 Å². The molecule has 6 aliphatic rings. The number of carbonyl (C=O) groups is 2. The summed E-state index contributed by atoms with van der Waals surface area (Å²) in [5.74, 6) is 3.73. The maximum Gasteiger partial charge on any atom is 0.139 e. The summed E-state index contributed by atoms with van der Waals surface area (Å²) in [7, 11) is 0. The molecular formula is C42H38O3. The van der Waals surface area contributed by atoms with Crippen LogP contribution in [0.1, 0.15) is 69.3 Å². The minimum Gasteiger partial charge on any atom is -0.456 e. The molecule has 3 heteroatoms. The highest BCUT2D eigenvalue weighted by Crippen LogP contribution is 2.65. The number of ketones is 2. The lowest BCUT2D eigenvalue weighted by molar-refractivity contribution is -0.129. The highest BCUT2D eigenvalue weighted by Gasteiger charge is 2.62. The maximum absolute atomic E-state index is 14.5. The first-order chi connectivity index (χ1) is 22.2. The number of benzene rings is 4. The van der Waals surface area contributed by atoms with E-state index in [1.807, 2.05) is 0 Å². The fourth-order valence-electron chi connectivity index (χ4n) is 12.4. The number of para-hydroxylation sites is 1. The molecule has 0 saturated heterocycles. The van der Waals surface area contributed by atoms with Crippen molar-refractivity contribution in [3.8, 4) is 22.3 Å². The first kappa shape index (κ1) is 25.5. The summed E-state index contributed by atoms with van der Waals surface area (Å²) in [4.78, 5) is 28.4. The Labute approximate surface area is 263 Å². The van der Waals surface area contributed by atoms with E-state index < -0.39 is 0 Å². The van der Waals surface area contributed by atoms with Crippen LogP contribution in [0, 0.1) is 47.3 Å². The SMILES string of the molecule is O=C1C2CCCCC2C2CC3C(=O)C4CCCC(c5c6c(cc7oc8ccccc8c57)-c5cccc7cccc-6c57)C4C3CC12. The fraction of sp³-hybridized carbons (Fsp3) is 0.429. The number of hydrogen-bond acceptors (Lipinski definition) is 3. The van der Waals surface area contributed by atoms with Crippen molar-refractivity contribution in [2.24, 2.45) is 47.3 Å². The average molecular weight is 591 g/mol. The first-order valence-electron chi connectivity index (χ1n) is 17.8. The Balaban J connectivity index is 1.13. The van der Waals surface area contributed by atoms with E-state index in [2.05, 4.69) is 66.7 Å². The molecule has 4 aromatic carbocycles. The number of fused-ring (bicyclic) bond motifs is 12. The molecule has 45 heavy (non-hydrogen) atoms. The molecule has 0 aliphatic heterocycles. The van der Waals surface area contributed by atoms with Gasteiger partial charge in [0.1, 0.15) is 22.7 Å². The quantitative estimate of drug-likeness (QED) is 0.191. The zero-order chi connectivity index (χ0) is 29.6. The molecule has 224 valence electrons. The molecule has 11 rings (SSSR count). The van der Waals surface area contributed by atoms with E-state index in [0.29, 0.717) is 35.2 Å². The minimum atomic E-state index is 0.124. The molecule has 0 amide bonds. The van der Waals surface area contributed by atoms with Gasteiger partial charge in [0.2, 0.25) is 0 Å². The summed E-state index contributed by atoms with van der Waals surface area (Å²) in [5.41, 5.74) is 8.63. The van der Waals surface area contributed by atoms with Crippen LogP contribution in [-0.2, 0) is 9.59 Å². The Bertz CT molecular complexity index is 2110. The summed E-state index contributed by atoms with van der Waals surface area (Å²) in [6.45, 7) is 0. The Hall–Kier alpha value is -3.72. The zero-order valence-electron chi connectivity index (χ0n) is 25.6. The number of hydrogen-bond donors (Lipinski definition) is 0. The fourth-order valence-corrected chi connectivity index (χ4v) is 12.4. The molecule has 1 heterocycles. The third-order valence-corrected chi connectivity index (χ3v) is 13.9. The van der Waals surface area contributed by atoms with Crippen LogP contribution in [0.2, 0.25) is 0 Å². The summed E-state index contributed by atoms with van der Waals surface area (Å²) < 4.78 is 6.66. The monoisotopic (exact) mass is 590 g/mol. The van der Waals surface area contributed by atoms with Crippen molar-refractivity contribution in [3.63, 3.8) is 0 Å². The van der Waals surface area contributed by atoms with Crippen molar-refractivity contribution in [3.05, 3.63) is 72.3 Å². The van der Waals surface area contributed by atoms with Gasteiger partial charge in [-0.3, -0.25) is 9.59 Å². The third kappa shape index (κ3) is 3.18. The molecule has 5 aromatic rings. The van der Waals surface area contributed by atoms with Crippen molar-refractivity contribution < 1.29 is 14.0 Å². The second kappa shape index (κ2) is 8.96. The van der Waals surface area contributed by atoms with E-state index in [9.17, 15) is 9.59 Å². The summed E-state index contributed by atoms with van der Waals surface area (Å²) in [6, 6.07) is 24.3. The molecular weight excluding hydrogens is 552 g/mol. The molecule has 9 unspecified atom stereocenters. The summed E-state index contributed by atoms with van der Waals surface area (Å²) >= 11 is 0. The van der Waals surface area contributed by atoms with Crippen LogP contribution in [0.15, 0.2) is 71.1 Å². The van der Waals surface area contributed by atoms with E-state index in [0.717, 1.165) is 49.7 Å². The lowest BCUT2D eigenvalue weighted by Crippen LogP contribution is -2.36. The lowest BCUT2D eigenvalue weighted by atomic mass is 9.61. The Kier molecular flexibility index (Phi) is 5.07. The van der Waals surface area contributed by atoms with Crippen LogP contribution in [0.3, 0.4) is 0 Å². The molecule has 6 aliphatic carbocycles. The predicted octanol–water partition coefficient (Wildman–Crippen LogP) is 10.1. The van der Waals surface area contributed by atoms with Gasteiger partial charge in [-0.15, -0.1) is 0 Å². The van der Waals surface area contributed by atoms with E-state index in [1.165, 1.54) is 68.6 Å². The Morgan fingerprint density at radius 1 is 0.556 bits per heavy atom. The van der Waals surface area contributed by atoms with Gasteiger partial charge >= 0.3 is 0 Å². The topological polar surface area (TPSA) is 47.3 Å². The summed E-state index contributed by atoms with van der Waals surface area (Å²) in [5, 5.41) is 5.08. The summed E-state index contributed by atoms with van der Waals surface area (Å²) in [6.07, 6.45) is 9.88. The molecule has 5 saturated carbocycles. The lowest BCUT2D eigenvalue weighted by Gasteiger charge is -2.42. The molecule has 0 N–H and O–H groups in total. The third-order valence-electron chi connectivity index (χ3n) is 13.9. The van der Waals surface area contributed by atoms with Gasteiger partial charge < -0.3 is 4.42 Å². The van der Waals surface area contributed by atoms with Gasteiger partial charge in [-0.2, -0.15) is 0 Å². The Morgan fingerprint density at radius 2 is 1.29 bits per heavy atom. The molecule has 5 fully saturated rings.